The SMILES string of the molecule is C[C@H](NC(=O)/C(C#N)=C/c1cccc(/C=C(/C#N)C(=O)N[C@H](C)c2ccccc2)c1)c1ccccc1. The summed E-state index contributed by atoms with van der Waals surface area (Å²) >= 11 is 0. The third-order valence-electron chi connectivity index (χ3n) is 5.56. The van der Waals surface area contributed by atoms with Crippen LogP contribution in [0.3, 0.4) is 0 Å². The molecule has 2 amide bonds. The first-order valence-electron chi connectivity index (χ1n) is 11.5. The summed E-state index contributed by atoms with van der Waals surface area (Å²) in [5.41, 5.74) is 2.96. The third kappa shape index (κ3) is 7.03. The number of hydrogen-bond donors (Lipinski definition) is 2. The Labute approximate surface area is 211 Å². The van der Waals surface area contributed by atoms with Gasteiger partial charge < -0.3 is 10.6 Å². The van der Waals surface area contributed by atoms with Crippen molar-refractivity contribution in [1.29, 1.82) is 10.5 Å². The predicted molar refractivity (Wildman–Crippen MR) is 140 cm³/mol. The maximum atomic E-state index is 12.7. The Balaban J connectivity index is 1.75. The largest absolute Gasteiger partial charge is 0.345 e. The highest BCUT2D eigenvalue weighted by atomic mass is 16.2. The molecule has 3 aromatic rings. The molecule has 6 heteroatoms. The average Bonchev–Trinajstić information content (AvgIpc) is 2.91. The van der Waals surface area contributed by atoms with Gasteiger partial charge >= 0.3 is 0 Å². The molecule has 2 atom stereocenters. The maximum absolute atomic E-state index is 12.7. The van der Waals surface area contributed by atoms with E-state index in [-0.39, 0.29) is 23.2 Å². The number of nitrogens with zero attached hydrogens (tertiary/aromatic N) is 2. The van der Waals surface area contributed by atoms with E-state index >= 15 is 0 Å². The van der Waals surface area contributed by atoms with Crippen LogP contribution in [0.4, 0.5) is 0 Å². The Bertz CT molecular complexity index is 1260. The van der Waals surface area contributed by atoms with Gasteiger partial charge in [-0.1, -0.05) is 78.9 Å². The van der Waals surface area contributed by atoms with Crippen LogP contribution in [0, 0.1) is 22.7 Å². The zero-order chi connectivity index (χ0) is 25.9. The summed E-state index contributed by atoms with van der Waals surface area (Å²) in [5, 5.41) is 24.8. The van der Waals surface area contributed by atoms with E-state index in [0.29, 0.717) is 11.1 Å². The lowest BCUT2D eigenvalue weighted by atomic mass is 10.0. The fourth-order valence-corrected chi connectivity index (χ4v) is 3.57. The smallest absolute Gasteiger partial charge is 0.262 e. The van der Waals surface area contributed by atoms with Gasteiger partial charge in [0.05, 0.1) is 12.1 Å². The lowest BCUT2D eigenvalue weighted by Gasteiger charge is -2.14. The number of benzene rings is 3. The van der Waals surface area contributed by atoms with Crippen molar-refractivity contribution in [3.05, 3.63) is 118 Å². The molecule has 0 radical (unpaired) electrons. The van der Waals surface area contributed by atoms with Gasteiger partial charge in [0.15, 0.2) is 0 Å². The number of carbonyl (C=O) groups is 2. The summed E-state index contributed by atoms with van der Waals surface area (Å²) in [6.45, 7) is 3.70. The number of rotatable bonds is 8. The highest BCUT2D eigenvalue weighted by Crippen LogP contribution is 2.17. The van der Waals surface area contributed by atoms with E-state index < -0.39 is 11.8 Å². The van der Waals surface area contributed by atoms with Crippen molar-refractivity contribution < 1.29 is 9.59 Å². The van der Waals surface area contributed by atoms with E-state index in [4.69, 9.17) is 0 Å². The van der Waals surface area contributed by atoms with Crippen LogP contribution in [-0.2, 0) is 9.59 Å². The molecule has 0 saturated carbocycles. The summed E-state index contributed by atoms with van der Waals surface area (Å²) in [7, 11) is 0. The molecule has 36 heavy (non-hydrogen) atoms. The monoisotopic (exact) mass is 474 g/mol. The fourth-order valence-electron chi connectivity index (χ4n) is 3.57. The molecule has 0 aliphatic carbocycles. The Kier molecular flexibility index (Phi) is 8.92. The molecule has 0 spiro atoms. The molecule has 0 bridgehead atoms. The van der Waals surface area contributed by atoms with Crippen LogP contribution < -0.4 is 10.6 Å². The van der Waals surface area contributed by atoms with Crippen molar-refractivity contribution in [3.63, 3.8) is 0 Å². The first kappa shape index (κ1) is 25.7. The standard InChI is InChI=1S/C30H26N4O2/c1-21(25-12-5-3-6-13-25)33-29(35)27(19-31)17-23-10-9-11-24(16-23)18-28(20-32)30(36)34-22(2)26-14-7-4-8-15-26/h3-18,21-22H,1-2H3,(H,33,35)(H,34,36)/b27-17-,28-18+/t21-,22+/m1/s1. The highest BCUT2D eigenvalue weighted by Gasteiger charge is 2.15. The normalized spacial score (nSPS) is 13.0. The van der Waals surface area contributed by atoms with Gasteiger partial charge in [0.2, 0.25) is 0 Å². The summed E-state index contributed by atoms with van der Waals surface area (Å²) in [4.78, 5) is 25.3. The van der Waals surface area contributed by atoms with Crippen molar-refractivity contribution >= 4 is 24.0 Å². The predicted octanol–water partition coefficient (Wildman–Crippen LogP) is 5.26. The van der Waals surface area contributed by atoms with Gasteiger partial charge in [-0.05, 0) is 54.3 Å². The molecule has 2 N–H and O–H groups in total. The molecule has 0 aliphatic rings. The molecule has 0 aliphatic heterocycles. The number of hydrogen-bond acceptors (Lipinski definition) is 4. The number of nitrogens with one attached hydrogen (secondary N) is 2. The molecule has 0 heterocycles. The molecular formula is C30H26N4O2. The number of nitriles is 2. The number of amides is 2. The third-order valence-corrected chi connectivity index (χ3v) is 5.56. The molecule has 3 rings (SSSR count). The van der Waals surface area contributed by atoms with E-state index in [0.717, 1.165) is 11.1 Å². The molecule has 0 saturated heterocycles. The van der Waals surface area contributed by atoms with Gasteiger partial charge in [0.1, 0.15) is 23.3 Å². The van der Waals surface area contributed by atoms with Gasteiger partial charge in [-0.3, -0.25) is 9.59 Å². The van der Waals surface area contributed by atoms with Crippen LogP contribution in [-0.4, -0.2) is 11.8 Å². The summed E-state index contributed by atoms with van der Waals surface area (Å²) in [6.07, 6.45) is 2.96. The van der Waals surface area contributed by atoms with Gasteiger partial charge in [0.25, 0.3) is 11.8 Å². The topological polar surface area (TPSA) is 106 Å². The minimum absolute atomic E-state index is 0.0474. The Morgan fingerprint density at radius 3 is 1.42 bits per heavy atom. The van der Waals surface area contributed by atoms with E-state index in [1.165, 1.54) is 12.2 Å². The van der Waals surface area contributed by atoms with Crippen LogP contribution in [0.25, 0.3) is 12.2 Å². The molecule has 3 aromatic carbocycles. The van der Waals surface area contributed by atoms with Gasteiger partial charge in [-0.25, -0.2) is 0 Å². The Morgan fingerprint density at radius 2 is 1.06 bits per heavy atom. The van der Waals surface area contributed by atoms with Crippen LogP contribution in [0.5, 0.6) is 0 Å². The average molecular weight is 475 g/mol. The van der Waals surface area contributed by atoms with Crippen LogP contribution in [0.1, 0.15) is 48.2 Å². The minimum Gasteiger partial charge on any atom is -0.345 e. The zero-order valence-corrected chi connectivity index (χ0v) is 20.1. The van der Waals surface area contributed by atoms with Gasteiger partial charge in [-0.2, -0.15) is 10.5 Å². The molecule has 0 aromatic heterocycles. The lowest BCUT2D eigenvalue weighted by Crippen LogP contribution is -2.27. The van der Waals surface area contributed by atoms with E-state index in [1.807, 2.05) is 86.6 Å². The summed E-state index contributed by atoms with van der Waals surface area (Å²) in [5.74, 6) is -0.969. The highest BCUT2D eigenvalue weighted by molar-refractivity contribution is 6.03. The molecule has 6 nitrogen and oxygen atoms in total. The fraction of sp³-hybridized carbons (Fsp3) is 0.133. The first-order valence-corrected chi connectivity index (χ1v) is 11.5. The van der Waals surface area contributed by atoms with Crippen LogP contribution >= 0.6 is 0 Å². The second-order valence-electron chi connectivity index (χ2n) is 8.22. The van der Waals surface area contributed by atoms with Crippen molar-refractivity contribution in [2.45, 2.75) is 25.9 Å². The Morgan fingerprint density at radius 1 is 0.667 bits per heavy atom. The van der Waals surface area contributed by atoms with Crippen LogP contribution in [0.2, 0.25) is 0 Å². The summed E-state index contributed by atoms with van der Waals surface area (Å²) < 4.78 is 0. The second kappa shape index (κ2) is 12.5. The molecular weight excluding hydrogens is 448 g/mol. The molecule has 0 unspecified atom stereocenters. The van der Waals surface area contributed by atoms with Crippen LogP contribution in [0.15, 0.2) is 96.1 Å². The van der Waals surface area contributed by atoms with Crippen molar-refractivity contribution in [1.82, 2.24) is 10.6 Å². The van der Waals surface area contributed by atoms with E-state index in [1.54, 1.807) is 24.3 Å². The number of carbonyl (C=O) groups excluding carboxylic acids is 2. The lowest BCUT2D eigenvalue weighted by molar-refractivity contribution is -0.118. The van der Waals surface area contributed by atoms with Crippen molar-refractivity contribution in [2.24, 2.45) is 0 Å². The quantitative estimate of drug-likeness (QED) is 0.343. The van der Waals surface area contributed by atoms with Crippen molar-refractivity contribution in [2.75, 3.05) is 0 Å². The molecule has 0 fully saturated rings. The van der Waals surface area contributed by atoms with E-state index in [2.05, 4.69) is 10.6 Å². The Hall–Kier alpha value is -4.94. The minimum atomic E-state index is -0.484. The zero-order valence-electron chi connectivity index (χ0n) is 20.1. The van der Waals surface area contributed by atoms with E-state index in [9.17, 15) is 20.1 Å². The molecule has 178 valence electrons. The van der Waals surface area contributed by atoms with Gasteiger partial charge in [0, 0.05) is 0 Å². The van der Waals surface area contributed by atoms with Gasteiger partial charge in [-0.15, -0.1) is 0 Å². The summed E-state index contributed by atoms with van der Waals surface area (Å²) in [6, 6.07) is 29.2. The maximum Gasteiger partial charge on any atom is 0.262 e. The first-order chi connectivity index (χ1) is 17.4. The second-order valence-corrected chi connectivity index (χ2v) is 8.22. The van der Waals surface area contributed by atoms with Crippen molar-refractivity contribution in [3.8, 4) is 12.1 Å².